The first-order valence-corrected chi connectivity index (χ1v) is 5.79. The molecule has 0 amide bonds. The average Bonchev–Trinajstić information content (AvgIpc) is 3.05. The molecule has 0 aliphatic heterocycles. The lowest BCUT2D eigenvalue weighted by molar-refractivity contribution is 1.32. The lowest BCUT2D eigenvalue weighted by Crippen LogP contribution is -1.77. The van der Waals surface area contributed by atoms with E-state index >= 15 is 0 Å². The number of nitrogens with zero attached hydrogens (tertiary/aromatic N) is 2. The summed E-state index contributed by atoms with van der Waals surface area (Å²) in [6, 6.07) is 12.1. The smallest absolute Gasteiger partial charge is 0.139 e. The second-order valence-electron chi connectivity index (χ2n) is 4.21. The summed E-state index contributed by atoms with van der Waals surface area (Å²) < 4.78 is 0. The maximum atomic E-state index is 4.58. The molecule has 18 heavy (non-hydrogen) atoms. The van der Waals surface area contributed by atoms with Gasteiger partial charge in [0.25, 0.3) is 0 Å². The fourth-order valence-electron chi connectivity index (χ4n) is 2.21. The predicted molar refractivity (Wildman–Crippen MR) is 71.2 cm³/mol. The van der Waals surface area contributed by atoms with E-state index in [4.69, 9.17) is 0 Å². The molecule has 4 aromatic rings. The summed E-state index contributed by atoms with van der Waals surface area (Å²) in [4.78, 5) is 15.4. The van der Waals surface area contributed by atoms with Crippen LogP contribution >= 0.6 is 0 Å². The van der Waals surface area contributed by atoms with Crippen LogP contribution in [0.1, 0.15) is 0 Å². The molecular formula is C14H10N4. The van der Waals surface area contributed by atoms with Gasteiger partial charge in [0.15, 0.2) is 0 Å². The van der Waals surface area contributed by atoms with Crippen molar-refractivity contribution in [3.8, 4) is 11.4 Å². The summed E-state index contributed by atoms with van der Waals surface area (Å²) in [5, 5.41) is 1.07. The molecule has 0 aliphatic rings. The predicted octanol–water partition coefficient (Wildman–Crippen LogP) is 3.11. The Morgan fingerprint density at radius 2 is 1.89 bits per heavy atom. The topological polar surface area (TPSA) is 57.4 Å². The molecule has 0 bridgehead atoms. The van der Waals surface area contributed by atoms with E-state index in [1.807, 2.05) is 42.6 Å². The molecule has 0 saturated heterocycles. The molecule has 0 unspecified atom stereocenters. The molecule has 3 heterocycles. The minimum absolute atomic E-state index is 0.876. The number of aromatic amines is 2. The quantitative estimate of drug-likeness (QED) is 0.531. The summed E-state index contributed by atoms with van der Waals surface area (Å²) in [6.07, 6.45) is 3.68. The van der Waals surface area contributed by atoms with Gasteiger partial charge in [0, 0.05) is 17.1 Å². The molecule has 86 valence electrons. The van der Waals surface area contributed by atoms with Gasteiger partial charge in [-0.15, -0.1) is 0 Å². The van der Waals surface area contributed by atoms with Gasteiger partial charge in [-0.25, -0.2) is 9.97 Å². The van der Waals surface area contributed by atoms with Crippen molar-refractivity contribution in [1.82, 2.24) is 19.9 Å². The van der Waals surface area contributed by atoms with Crippen LogP contribution in [0, 0.1) is 0 Å². The van der Waals surface area contributed by atoms with Gasteiger partial charge in [0.1, 0.15) is 17.0 Å². The Morgan fingerprint density at radius 1 is 1.00 bits per heavy atom. The minimum atomic E-state index is 0.876. The Bertz CT molecular complexity index is 827. The van der Waals surface area contributed by atoms with E-state index in [-0.39, 0.29) is 0 Å². The first-order valence-electron chi connectivity index (χ1n) is 5.79. The van der Waals surface area contributed by atoms with Crippen molar-refractivity contribution in [3.05, 3.63) is 48.8 Å². The van der Waals surface area contributed by atoms with Gasteiger partial charge < -0.3 is 9.97 Å². The molecule has 0 atom stereocenters. The van der Waals surface area contributed by atoms with Crippen molar-refractivity contribution in [2.75, 3.05) is 0 Å². The molecular weight excluding hydrogens is 224 g/mol. The highest BCUT2D eigenvalue weighted by atomic mass is 15.0. The van der Waals surface area contributed by atoms with Gasteiger partial charge in [0.2, 0.25) is 0 Å². The number of rotatable bonds is 1. The van der Waals surface area contributed by atoms with Crippen LogP contribution in [0.5, 0.6) is 0 Å². The summed E-state index contributed by atoms with van der Waals surface area (Å²) in [7, 11) is 0. The Balaban J connectivity index is 2.04. The molecule has 4 heteroatoms. The molecule has 0 spiro atoms. The van der Waals surface area contributed by atoms with Gasteiger partial charge >= 0.3 is 0 Å². The number of aromatic nitrogens is 4. The molecule has 4 rings (SSSR count). The van der Waals surface area contributed by atoms with E-state index in [1.54, 1.807) is 6.20 Å². The zero-order valence-corrected chi connectivity index (χ0v) is 9.51. The van der Waals surface area contributed by atoms with Gasteiger partial charge in [0.05, 0.1) is 11.7 Å². The molecule has 0 saturated carbocycles. The molecule has 1 aromatic carbocycles. The average molecular weight is 234 g/mol. The van der Waals surface area contributed by atoms with Crippen LogP contribution in [-0.2, 0) is 0 Å². The van der Waals surface area contributed by atoms with Crippen LogP contribution in [0.2, 0.25) is 0 Å². The first-order chi connectivity index (χ1) is 8.92. The van der Waals surface area contributed by atoms with Gasteiger partial charge in [-0.2, -0.15) is 0 Å². The van der Waals surface area contributed by atoms with E-state index in [2.05, 4.69) is 19.9 Å². The monoisotopic (exact) mass is 234 g/mol. The Labute approximate surface area is 103 Å². The van der Waals surface area contributed by atoms with Crippen LogP contribution in [0.25, 0.3) is 33.5 Å². The zero-order chi connectivity index (χ0) is 11.9. The molecule has 0 fully saturated rings. The van der Waals surface area contributed by atoms with Crippen molar-refractivity contribution in [2.24, 2.45) is 0 Å². The van der Waals surface area contributed by atoms with Crippen molar-refractivity contribution in [2.45, 2.75) is 0 Å². The van der Waals surface area contributed by atoms with Gasteiger partial charge in [-0.3, -0.25) is 0 Å². The number of hydrogen-bond acceptors (Lipinski definition) is 2. The van der Waals surface area contributed by atoms with Crippen molar-refractivity contribution in [3.63, 3.8) is 0 Å². The van der Waals surface area contributed by atoms with E-state index < -0.39 is 0 Å². The molecule has 0 radical (unpaired) electrons. The van der Waals surface area contributed by atoms with Crippen molar-refractivity contribution >= 4 is 22.1 Å². The van der Waals surface area contributed by atoms with Gasteiger partial charge in [-0.05, 0) is 6.07 Å². The van der Waals surface area contributed by atoms with Crippen molar-refractivity contribution in [1.29, 1.82) is 0 Å². The highest BCUT2D eigenvalue weighted by Crippen LogP contribution is 2.24. The van der Waals surface area contributed by atoms with E-state index in [1.165, 1.54) is 0 Å². The normalized spacial score (nSPS) is 11.3. The lowest BCUT2D eigenvalue weighted by Gasteiger charge is -1.93. The number of pyridine rings is 1. The second kappa shape index (κ2) is 3.43. The number of hydrogen-bond donors (Lipinski definition) is 2. The zero-order valence-electron chi connectivity index (χ0n) is 9.51. The number of nitrogens with one attached hydrogen (secondary N) is 2. The number of H-pyrrole nitrogens is 2. The highest BCUT2D eigenvalue weighted by Gasteiger charge is 2.08. The first kappa shape index (κ1) is 9.41. The Hall–Kier alpha value is -2.62. The maximum absolute atomic E-state index is 4.58. The molecule has 3 aromatic heterocycles. The summed E-state index contributed by atoms with van der Waals surface area (Å²) in [6.45, 7) is 0. The standard InChI is InChI=1S/C14H10N4/c1-2-4-9(5-3-1)13-17-11-8-16-14-10(6-7-15-14)12(11)18-13/h1-8H,(H,15,16)(H,17,18). The molecule has 2 N–H and O–H groups in total. The van der Waals surface area contributed by atoms with Crippen LogP contribution in [0.15, 0.2) is 48.8 Å². The lowest BCUT2D eigenvalue weighted by atomic mass is 10.2. The third-order valence-corrected chi connectivity index (χ3v) is 3.09. The Kier molecular flexibility index (Phi) is 1.80. The molecule has 0 aliphatic carbocycles. The minimum Gasteiger partial charge on any atom is -0.346 e. The third-order valence-electron chi connectivity index (χ3n) is 3.09. The highest BCUT2D eigenvalue weighted by molar-refractivity contribution is 6.01. The summed E-state index contributed by atoms with van der Waals surface area (Å²) in [5.74, 6) is 0.876. The fourth-order valence-corrected chi connectivity index (χ4v) is 2.21. The van der Waals surface area contributed by atoms with Crippen LogP contribution < -0.4 is 0 Å². The van der Waals surface area contributed by atoms with Gasteiger partial charge in [-0.1, -0.05) is 30.3 Å². The number of benzene rings is 1. The number of fused-ring (bicyclic) bond motifs is 3. The van der Waals surface area contributed by atoms with Crippen LogP contribution in [0.4, 0.5) is 0 Å². The largest absolute Gasteiger partial charge is 0.346 e. The van der Waals surface area contributed by atoms with Crippen LogP contribution in [0.3, 0.4) is 0 Å². The van der Waals surface area contributed by atoms with E-state index in [0.29, 0.717) is 0 Å². The van der Waals surface area contributed by atoms with E-state index in [9.17, 15) is 0 Å². The number of imidazole rings is 1. The fraction of sp³-hybridized carbons (Fsp3) is 0. The third kappa shape index (κ3) is 1.26. The van der Waals surface area contributed by atoms with E-state index in [0.717, 1.165) is 33.5 Å². The maximum Gasteiger partial charge on any atom is 0.139 e. The summed E-state index contributed by atoms with van der Waals surface area (Å²) >= 11 is 0. The second-order valence-corrected chi connectivity index (χ2v) is 4.21. The van der Waals surface area contributed by atoms with Crippen molar-refractivity contribution < 1.29 is 0 Å². The SMILES string of the molecule is c1ccc(-c2nc3cnc4[nH]ccc4c3[nH]2)cc1. The van der Waals surface area contributed by atoms with Crippen LogP contribution in [-0.4, -0.2) is 19.9 Å². The Morgan fingerprint density at radius 3 is 2.78 bits per heavy atom. The molecule has 4 nitrogen and oxygen atoms in total. The summed E-state index contributed by atoms with van der Waals surface area (Å²) in [5.41, 5.74) is 3.88.